The summed E-state index contributed by atoms with van der Waals surface area (Å²) >= 11 is 0. The smallest absolute Gasteiger partial charge is 0.222 e. The summed E-state index contributed by atoms with van der Waals surface area (Å²) in [5, 5.41) is 0. The monoisotopic (exact) mass is 403 g/mol. The van der Waals surface area contributed by atoms with Gasteiger partial charge in [-0.25, -0.2) is 0 Å². The molecule has 0 aromatic heterocycles. The van der Waals surface area contributed by atoms with Crippen LogP contribution < -0.4 is 0 Å². The van der Waals surface area contributed by atoms with Gasteiger partial charge in [-0.15, -0.1) is 0 Å². The van der Waals surface area contributed by atoms with Crippen molar-refractivity contribution in [2.45, 2.75) is 129 Å². The number of hydrogen-bond acceptors (Lipinski definition) is 1. The molecule has 29 heavy (non-hydrogen) atoms. The summed E-state index contributed by atoms with van der Waals surface area (Å²) in [7, 11) is 0. The molecular weight excluding hydrogens is 354 g/mol. The van der Waals surface area contributed by atoms with Crippen LogP contribution in [0.1, 0.15) is 129 Å². The van der Waals surface area contributed by atoms with Crippen molar-refractivity contribution in [2.24, 2.45) is 0 Å². The Kier molecular flexibility index (Phi) is 18.1. The van der Waals surface area contributed by atoms with E-state index in [0.717, 1.165) is 45.2 Å². The Morgan fingerprint density at radius 1 is 0.621 bits per heavy atom. The molecule has 1 aliphatic heterocycles. The predicted molar refractivity (Wildman–Crippen MR) is 128 cm³/mol. The van der Waals surface area contributed by atoms with Gasteiger partial charge in [-0.1, -0.05) is 95.4 Å². The van der Waals surface area contributed by atoms with Crippen molar-refractivity contribution in [3.63, 3.8) is 0 Å². The van der Waals surface area contributed by atoms with E-state index in [9.17, 15) is 4.79 Å². The zero-order valence-corrected chi connectivity index (χ0v) is 19.5. The summed E-state index contributed by atoms with van der Waals surface area (Å²) in [6, 6.07) is 0. The molecule has 1 saturated heterocycles. The molecule has 168 valence electrons. The molecule has 0 saturated carbocycles. The Labute approximate surface area is 182 Å². The second-order valence-electron chi connectivity index (χ2n) is 8.82. The van der Waals surface area contributed by atoms with Crippen LogP contribution >= 0.6 is 0 Å². The van der Waals surface area contributed by atoms with E-state index in [4.69, 9.17) is 0 Å². The van der Waals surface area contributed by atoms with Crippen molar-refractivity contribution in [3.8, 4) is 0 Å². The van der Waals surface area contributed by atoms with Gasteiger partial charge in [0.25, 0.3) is 0 Å². The fourth-order valence-corrected chi connectivity index (χ4v) is 4.09. The van der Waals surface area contributed by atoms with Gasteiger partial charge in [-0.3, -0.25) is 4.79 Å². The highest BCUT2D eigenvalue weighted by molar-refractivity contribution is 5.76. The minimum Gasteiger partial charge on any atom is -0.343 e. The van der Waals surface area contributed by atoms with Gasteiger partial charge in [-0.2, -0.15) is 0 Å². The van der Waals surface area contributed by atoms with Gasteiger partial charge >= 0.3 is 0 Å². The number of rotatable bonds is 19. The topological polar surface area (TPSA) is 20.3 Å². The largest absolute Gasteiger partial charge is 0.343 e. The van der Waals surface area contributed by atoms with E-state index in [-0.39, 0.29) is 0 Å². The highest BCUT2D eigenvalue weighted by atomic mass is 16.2. The van der Waals surface area contributed by atoms with Crippen LogP contribution in [0.15, 0.2) is 24.3 Å². The Balaban J connectivity index is 1.76. The molecule has 1 rings (SSSR count). The summed E-state index contributed by atoms with van der Waals surface area (Å²) in [5.41, 5.74) is 0. The normalized spacial score (nSPS) is 14.6. The quantitative estimate of drug-likeness (QED) is 0.157. The molecule has 2 nitrogen and oxygen atoms in total. The standard InChI is InChI=1S/C27H49NO/c1-2-3-4-5-6-7-8-9-10-11-12-13-14-15-16-17-18-19-20-21-24-27(29)28-25-22-23-26-28/h14-15,18-19H,2-13,16-17,20-26H2,1H3/b15-14-,19-18-. The van der Waals surface area contributed by atoms with Crippen molar-refractivity contribution in [1.29, 1.82) is 0 Å². The van der Waals surface area contributed by atoms with Crippen LogP contribution in [0, 0.1) is 0 Å². The van der Waals surface area contributed by atoms with E-state index >= 15 is 0 Å². The lowest BCUT2D eigenvalue weighted by atomic mass is 10.1. The Morgan fingerprint density at radius 3 is 1.62 bits per heavy atom. The van der Waals surface area contributed by atoms with Crippen molar-refractivity contribution in [3.05, 3.63) is 24.3 Å². The van der Waals surface area contributed by atoms with Gasteiger partial charge in [0.15, 0.2) is 0 Å². The van der Waals surface area contributed by atoms with E-state index in [0.29, 0.717) is 5.91 Å². The zero-order chi connectivity index (χ0) is 20.8. The maximum atomic E-state index is 11.9. The molecule has 1 amide bonds. The molecule has 0 aromatic rings. The third-order valence-electron chi connectivity index (χ3n) is 6.03. The maximum Gasteiger partial charge on any atom is 0.222 e. The third kappa shape index (κ3) is 16.4. The van der Waals surface area contributed by atoms with Crippen LogP contribution in [0.2, 0.25) is 0 Å². The predicted octanol–water partition coefficient (Wildman–Crippen LogP) is 8.37. The van der Waals surface area contributed by atoms with Crippen LogP contribution in [0.4, 0.5) is 0 Å². The molecule has 0 radical (unpaired) electrons. The number of likely N-dealkylation sites (tertiary alicyclic amines) is 1. The summed E-state index contributed by atoms with van der Waals surface area (Å²) in [6.45, 7) is 4.26. The van der Waals surface area contributed by atoms with E-state index in [1.165, 1.54) is 89.9 Å². The van der Waals surface area contributed by atoms with Gasteiger partial charge in [-0.05, 0) is 51.4 Å². The highest BCUT2D eigenvalue weighted by Gasteiger charge is 2.16. The lowest BCUT2D eigenvalue weighted by Gasteiger charge is -2.14. The Morgan fingerprint density at radius 2 is 1.07 bits per heavy atom. The summed E-state index contributed by atoms with van der Waals surface area (Å²) in [6.07, 6.45) is 33.6. The lowest BCUT2D eigenvalue weighted by Crippen LogP contribution is -2.27. The maximum absolute atomic E-state index is 11.9. The average molecular weight is 404 g/mol. The number of hydrogen-bond donors (Lipinski definition) is 0. The minimum atomic E-state index is 0.362. The van der Waals surface area contributed by atoms with Crippen LogP contribution in [0.25, 0.3) is 0 Å². The third-order valence-corrected chi connectivity index (χ3v) is 6.03. The second kappa shape index (κ2) is 20.2. The molecule has 0 atom stereocenters. The van der Waals surface area contributed by atoms with Crippen molar-refractivity contribution >= 4 is 5.91 Å². The number of unbranched alkanes of at least 4 members (excludes halogenated alkanes) is 13. The molecule has 1 heterocycles. The molecule has 0 bridgehead atoms. The van der Waals surface area contributed by atoms with Crippen LogP contribution in [0.3, 0.4) is 0 Å². The van der Waals surface area contributed by atoms with Crippen LogP contribution in [-0.2, 0) is 4.79 Å². The summed E-state index contributed by atoms with van der Waals surface area (Å²) in [5.74, 6) is 0.362. The number of allylic oxidation sites excluding steroid dienone is 4. The van der Waals surface area contributed by atoms with Crippen molar-refractivity contribution in [1.82, 2.24) is 4.90 Å². The van der Waals surface area contributed by atoms with Crippen LogP contribution in [-0.4, -0.2) is 23.9 Å². The first-order valence-electron chi connectivity index (χ1n) is 12.9. The average Bonchev–Trinajstić information content (AvgIpc) is 3.27. The van der Waals surface area contributed by atoms with E-state index in [1.54, 1.807) is 0 Å². The lowest BCUT2D eigenvalue weighted by molar-refractivity contribution is -0.130. The zero-order valence-electron chi connectivity index (χ0n) is 19.5. The Bertz CT molecular complexity index is 420. The summed E-state index contributed by atoms with van der Waals surface area (Å²) < 4.78 is 0. The van der Waals surface area contributed by atoms with E-state index in [1.807, 2.05) is 4.90 Å². The van der Waals surface area contributed by atoms with Gasteiger partial charge in [0, 0.05) is 19.5 Å². The molecule has 2 heteroatoms. The summed E-state index contributed by atoms with van der Waals surface area (Å²) in [4.78, 5) is 14.0. The van der Waals surface area contributed by atoms with Gasteiger partial charge in [0.2, 0.25) is 5.91 Å². The van der Waals surface area contributed by atoms with Crippen molar-refractivity contribution < 1.29 is 4.79 Å². The SMILES string of the molecule is CCCCCCCCCCCCC/C=C\CC/C=C\CCCC(=O)N1CCCC1. The first-order chi connectivity index (χ1) is 14.3. The molecule has 0 aromatic carbocycles. The number of amides is 1. The van der Waals surface area contributed by atoms with Crippen LogP contribution in [0.5, 0.6) is 0 Å². The molecule has 0 unspecified atom stereocenters. The van der Waals surface area contributed by atoms with Gasteiger partial charge in [0.05, 0.1) is 0 Å². The first kappa shape index (κ1) is 26.0. The van der Waals surface area contributed by atoms with Gasteiger partial charge in [0.1, 0.15) is 0 Å². The van der Waals surface area contributed by atoms with E-state index in [2.05, 4.69) is 31.2 Å². The molecule has 1 aliphatic rings. The van der Waals surface area contributed by atoms with E-state index < -0.39 is 0 Å². The minimum absolute atomic E-state index is 0.362. The molecular formula is C27H49NO. The number of nitrogens with zero attached hydrogens (tertiary/aromatic N) is 1. The molecule has 0 N–H and O–H groups in total. The number of carbonyl (C=O) groups is 1. The Hall–Kier alpha value is -1.05. The molecule has 0 aliphatic carbocycles. The highest BCUT2D eigenvalue weighted by Crippen LogP contribution is 2.13. The number of carbonyl (C=O) groups excluding carboxylic acids is 1. The fraction of sp³-hybridized carbons (Fsp3) is 0.815. The molecule has 1 fully saturated rings. The van der Waals surface area contributed by atoms with Crippen molar-refractivity contribution in [2.75, 3.05) is 13.1 Å². The fourth-order valence-electron chi connectivity index (χ4n) is 4.09. The molecule has 0 spiro atoms. The van der Waals surface area contributed by atoms with Gasteiger partial charge < -0.3 is 4.90 Å². The second-order valence-corrected chi connectivity index (χ2v) is 8.82. The first-order valence-corrected chi connectivity index (χ1v) is 12.9.